The van der Waals surface area contributed by atoms with Gasteiger partial charge in [-0.2, -0.15) is 12.6 Å². The third kappa shape index (κ3) is 3.14. The van der Waals surface area contributed by atoms with Crippen LogP contribution in [-0.4, -0.2) is 42.1 Å². The summed E-state index contributed by atoms with van der Waals surface area (Å²) >= 11 is 4.73. The van der Waals surface area contributed by atoms with Crippen molar-refractivity contribution in [2.75, 3.05) is 18.0 Å². The number of hydrogen-bond donors (Lipinski definition) is 2. The van der Waals surface area contributed by atoms with E-state index in [0.717, 1.165) is 37.8 Å². The smallest absolute Gasteiger partial charge is 0.243 e. The average molecular weight is 373 g/mol. The van der Waals surface area contributed by atoms with E-state index in [1.54, 1.807) is 0 Å². The van der Waals surface area contributed by atoms with Gasteiger partial charge in [-0.15, -0.1) is 0 Å². The fraction of sp³-hybridized carbons (Fsp3) is 0.526. The number of thiol groups is 1. The first-order valence-corrected chi connectivity index (χ1v) is 9.69. The van der Waals surface area contributed by atoms with Crippen molar-refractivity contribution in [1.29, 1.82) is 0 Å². The number of benzene rings is 1. The fourth-order valence-electron chi connectivity index (χ4n) is 4.21. The first-order valence-electron chi connectivity index (χ1n) is 9.17. The number of carbonyl (C=O) groups is 3. The number of imide groups is 1. The highest BCUT2D eigenvalue weighted by Crippen LogP contribution is 2.40. The lowest BCUT2D eigenvalue weighted by Gasteiger charge is -2.32. The summed E-state index contributed by atoms with van der Waals surface area (Å²) in [7, 11) is 0. The van der Waals surface area contributed by atoms with Gasteiger partial charge in [0.1, 0.15) is 6.29 Å². The Morgan fingerprint density at radius 3 is 2.62 bits per heavy atom. The lowest BCUT2D eigenvalue weighted by Crippen LogP contribution is -2.51. The van der Waals surface area contributed by atoms with Crippen molar-refractivity contribution < 1.29 is 14.4 Å². The summed E-state index contributed by atoms with van der Waals surface area (Å²) in [5.74, 6) is -0.227. The third-order valence-electron chi connectivity index (χ3n) is 5.78. The molecule has 1 aromatic rings. The molecule has 1 aromatic carbocycles. The Hall–Kier alpha value is -1.86. The van der Waals surface area contributed by atoms with Gasteiger partial charge >= 0.3 is 0 Å². The van der Waals surface area contributed by atoms with Crippen LogP contribution in [0.15, 0.2) is 18.2 Å². The number of hydrogen-bond acceptors (Lipinski definition) is 6. The first-order chi connectivity index (χ1) is 12.6. The summed E-state index contributed by atoms with van der Waals surface area (Å²) < 4.78 is 0. The van der Waals surface area contributed by atoms with Crippen LogP contribution in [0.2, 0.25) is 0 Å². The third-order valence-corrected chi connectivity index (χ3v) is 6.35. The topological polar surface area (TPSA) is 69.7 Å². The van der Waals surface area contributed by atoms with Crippen molar-refractivity contribution in [2.45, 2.75) is 43.6 Å². The van der Waals surface area contributed by atoms with Crippen molar-refractivity contribution in [3.63, 3.8) is 0 Å². The van der Waals surface area contributed by atoms with E-state index in [-0.39, 0.29) is 29.1 Å². The van der Waals surface area contributed by atoms with Crippen LogP contribution in [0.5, 0.6) is 0 Å². The van der Waals surface area contributed by atoms with Crippen LogP contribution in [0.3, 0.4) is 0 Å². The quantitative estimate of drug-likeness (QED) is 0.479. The van der Waals surface area contributed by atoms with E-state index < -0.39 is 0 Å². The Morgan fingerprint density at radius 1 is 1.15 bits per heavy atom. The van der Waals surface area contributed by atoms with Crippen LogP contribution in [0, 0.1) is 5.92 Å². The number of fused-ring (bicyclic) bond motifs is 1. The number of piperidine rings is 2. The minimum absolute atomic E-state index is 0.135. The molecule has 0 saturated carbocycles. The second kappa shape index (κ2) is 7.04. The molecule has 26 heavy (non-hydrogen) atoms. The summed E-state index contributed by atoms with van der Waals surface area (Å²) in [6.45, 7) is 2.45. The van der Waals surface area contributed by atoms with Gasteiger partial charge in [0, 0.05) is 37.7 Å². The molecule has 2 saturated heterocycles. The molecular weight excluding hydrogens is 350 g/mol. The molecule has 0 spiro atoms. The Morgan fingerprint density at radius 2 is 1.92 bits per heavy atom. The van der Waals surface area contributed by atoms with Gasteiger partial charge in [-0.1, -0.05) is 6.07 Å². The summed E-state index contributed by atoms with van der Waals surface area (Å²) in [5, 5.41) is 2.30. The van der Waals surface area contributed by atoms with E-state index in [0.29, 0.717) is 19.4 Å². The zero-order chi connectivity index (χ0) is 18.3. The maximum atomic E-state index is 12.2. The molecule has 7 heteroatoms. The average Bonchev–Trinajstić information content (AvgIpc) is 2.98. The zero-order valence-electron chi connectivity index (χ0n) is 14.6. The summed E-state index contributed by atoms with van der Waals surface area (Å²) in [5.41, 5.74) is 3.48. The van der Waals surface area contributed by atoms with Gasteiger partial charge in [-0.05, 0) is 42.5 Å². The van der Waals surface area contributed by atoms with Crippen molar-refractivity contribution in [3.05, 3.63) is 29.3 Å². The highest BCUT2D eigenvalue weighted by Gasteiger charge is 2.39. The van der Waals surface area contributed by atoms with Crippen molar-refractivity contribution in [1.82, 2.24) is 10.2 Å². The molecule has 4 rings (SSSR count). The number of amides is 2. The summed E-state index contributed by atoms with van der Waals surface area (Å²) in [6.07, 6.45) is 3.79. The van der Waals surface area contributed by atoms with Gasteiger partial charge in [0.2, 0.25) is 11.8 Å². The van der Waals surface area contributed by atoms with Crippen LogP contribution >= 0.6 is 12.6 Å². The van der Waals surface area contributed by atoms with E-state index in [2.05, 4.69) is 33.3 Å². The molecule has 2 amide bonds. The number of nitrogens with zero attached hydrogens (tertiary/aromatic N) is 2. The van der Waals surface area contributed by atoms with E-state index in [4.69, 9.17) is 12.6 Å². The normalized spacial score (nSPS) is 27.3. The van der Waals surface area contributed by atoms with Crippen LogP contribution < -0.4 is 10.2 Å². The summed E-state index contributed by atoms with van der Waals surface area (Å²) in [6, 6.07) is 6.08. The largest absolute Gasteiger partial charge is 0.371 e. The molecule has 0 bridgehead atoms. The zero-order valence-corrected chi connectivity index (χ0v) is 15.5. The van der Waals surface area contributed by atoms with Gasteiger partial charge in [-0.3, -0.25) is 19.8 Å². The molecule has 0 aliphatic carbocycles. The Balaban J connectivity index is 1.50. The second-order valence-corrected chi connectivity index (χ2v) is 7.85. The number of anilines is 1. The Kier molecular flexibility index (Phi) is 4.75. The number of aldehydes is 1. The molecule has 6 nitrogen and oxygen atoms in total. The lowest BCUT2D eigenvalue weighted by atomic mass is 9.97. The molecule has 0 aromatic heterocycles. The van der Waals surface area contributed by atoms with E-state index in [9.17, 15) is 14.4 Å². The monoisotopic (exact) mass is 373 g/mol. The lowest BCUT2D eigenvalue weighted by molar-refractivity contribution is -0.137. The number of carbonyl (C=O) groups excluding carboxylic acids is 3. The molecule has 1 N–H and O–H groups in total. The van der Waals surface area contributed by atoms with Crippen LogP contribution in [-0.2, 0) is 20.9 Å². The molecule has 3 aliphatic heterocycles. The highest BCUT2D eigenvalue weighted by atomic mass is 32.1. The SMILES string of the molecule is O=CC1CCN(c2ccc3c(c2)CN(C2CCC(=O)NC2=O)C3S)CC1. The van der Waals surface area contributed by atoms with E-state index >= 15 is 0 Å². The van der Waals surface area contributed by atoms with Gasteiger partial charge in [0.05, 0.1) is 11.4 Å². The maximum absolute atomic E-state index is 12.2. The molecule has 3 aliphatic rings. The molecule has 3 heterocycles. The Bertz CT molecular complexity index is 746. The Labute approximate surface area is 158 Å². The summed E-state index contributed by atoms with van der Waals surface area (Å²) in [4.78, 5) is 38.9. The minimum atomic E-state index is -0.311. The van der Waals surface area contributed by atoms with Gasteiger partial charge < -0.3 is 9.69 Å². The van der Waals surface area contributed by atoms with Crippen LogP contribution in [0.1, 0.15) is 42.2 Å². The standard InChI is InChI=1S/C19H23N3O3S/c23-11-12-5-7-21(8-6-12)14-1-2-15-13(9-14)10-22(19(15)26)16-3-4-17(24)20-18(16)25/h1-2,9,11-12,16,19,26H,3-8,10H2,(H,20,24,25). The van der Waals surface area contributed by atoms with Gasteiger partial charge in [0.15, 0.2) is 0 Å². The molecule has 2 unspecified atom stereocenters. The van der Waals surface area contributed by atoms with Crippen LogP contribution in [0.4, 0.5) is 5.69 Å². The fourth-order valence-corrected chi connectivity index (χ4v) is 4.71. The molecule has 2 fully saturated rings. The number of rotatable bonds is 3. The molecular formula is C19H23N3O3S. The number of nitrogens with one attached hydrogen (secondary N) is 1. The predicted molar refractivity (Wildman–Crippen MR) is 101 cm³/mol. The highest BCUT2D eigenvalue weighted by molar-refractivity contribution is 7.80. The van der Waals surface area contributed by atoms with Crippen molar-refractivity contribution in [3.8, 4) is 0 Å². The van der Waals surface area contributed by atoms with Crippen molar-refractivity contribution >= 4 is 36.4 Å². The predicted octanol–water partition coefficient (Wildman–Crippen LogP) is 1.65. The van der Waals surface area contributed by atoms with E-state index in [1.807, 2.05) is 0 Å². The second-order valence-electron chi connectivity index (χ2n) is 7.36. The first kappa shape index (κ1) is 17.5. The molecule has 0 radical (unpaired) electrons. The molecule has 2 atom stereocenters. The van der Waals surface area contributed by atoms with Crippen LogP contribution in [0.25, 0.3) is 0 Å². The minimum Gasteiger partial charge on any atom is -0.371 e. The maximum Gasteiger partial charge on any atom is 0.243 e. The van der Waals surface area contributed by atoms with E-state index in [1.165, 1.54) is 11.3 Å². The van der Waals surface area contributed by atoms with Crippen molar-refractivity contribution in [2.24, 2.45) is 5.92 Å². The van der Waals surface area contributed by atoms with Gasteiger partial charge in [-0.25, -0.2) is 0 Å². The van der Waals surface area contributed by atoms with Gasteiger partial charge in [0.25, 0.3) is 0 Å². The molecule has 138 valence electrons.